The maximum absolute atomic E-state index is 2.41. The highest BCUT2D eigenvalue weighted by atomic mass is 14.3. The van der Waals surface area contributed by atoms with Gasteiger partial charge in [0.2, 0.25) is 0 Å². The van der Waals surface area contributed by atoms with E-state index >= 15 is 0 Å². The lowest BCUT2D eigenvalue weighted by Crippen LogP contribution is -2.40. The Hall–Kier alpha value is -5.72. The lowest BCUT2D eigenvalue weighted by Gasteiger charge is -2.33. The van der Waals surface area contributed by atoms with Crippen LogP contribution in [-0.4, -0.2) is 0 Å². The standard InChI is InChI=1S/C46H32/c1-3-21-37-31(13-1)15-11-27-39(37)33-17-9-19-35(29-33)45-41-23-5-7-25-43(41)46(44-26-8-6-24-42(44)45)36-20-10-18-34(30-36)40-28-12-16-32-14-2-4-22-38(32)40/h1-30,41,43H. The molecule has 7 aromatic rings. The molecule has 216 valence electrons. The van der Waals surface area contributed by atoms with Crippen LogP contribution in [-0.2, 0) is 0 Å². The lowest BCUT2D eigenvalue weighted by atomic mass is 9.70. The summed E-state index contributed by atoms with van der Waals surface area (Å²) in [5.41, 5.74) is 10.4. The third-order valence-electron chi connectivity index (χ3n) is 9.86. The van der Waals surface area contributed by atoms with Gasteiger partial charge in [0.1, 0.15) is 0 Å². The molecule has 9 rings (SSSR count). The predicted octanol–water partition coefficient (Wildman–Crippen LogP) is 10.1. The average molecular weight is 585 g/mol. The highest BCUT2D eigenvalue weighted by Crippen LogP contribution is 2.42. The van der Waals surface area contributed by atoms with Crippen LogP contribution in [0.2, 0.25) is 0 Å². The number of benzene rings is 7. The molecule has 0 aromatic heterocycles. The van der Waals surface area contributed by atoms with E-state index in [0.29, 0.717) is 0 Å². The fourth-order valence-corrected chi connectivity index (χ4v) is 7.83. The van der Waals surface area contributed by atoms with E-state index in [9.17, 15) is 0 Å². The van der Waals surface area contributed by atoms with Gasteiger partial charge in [-0.05, 0) is 88.6 Å². The van der Waals surface area contributed by atoms with Gasteiger partial charge in [-0.2, -0.15) is 0 Å². The zero-order chi connectivity index (χ0) is 30.5. The highest BCUT2D eigenvalue weighted by Gasteiger charge is 2.32. The molecule has 0 nitrogen and oxygen atoms in total. The Kier molecular flexibility index (Phi) is 6.39. The Bertz CT molecular complexity index is 2300. The molecule has 46 heavy (non-hydrogen) atoms. The maximum atomic E-state index is 2.41. The van der Waals surface area contributed by atoms with E-state index in [1.807, 2.05) is 0 Å². The molecule has 0 N–H and O–H groups in total. The van der Waals surface area contributed by atoms with Crippen molar-refractivity contribution in [2.24, 2.45) is 11.8 Å². The fourth-order valence-electron chi connectivity index (χ4n) is 7.83. The molecule has 2 aliphatic rings. The molecule has 2 atom stereocenters. The summed E-state index contributed by atoms with van der Waals surface area (Å²) in [5.74, 6) is 0.470. The molecule has 0 bridgehead atoms. The number of hydrogen-bond donors (Lipinski definition) is 0. The topological polar surface area (TPSA) is 0 Å². The summed E-state index contributed by atoms with van der Waals surface area (Å²) in [5, 5.41) is 7.76. The second-order valence-corrected chi connectivity index (χ2v) is 12.4. The molecule has 0 saturated carbocycles. The van der Waals surface area contributed by atoms with Gasteiger partial charge in [-0.1, -0.05) is 170 Å². The van der Waals surface area contributed by atoms with Crippen LogP contribution in [0.1, 0.15) is 11.1 Å². The first-order valence-electron chi connectivity index (χ1n) is 16.2. The first kappa shape index (κ1) is 26.7. The van der Waals surface area contributed by atoms with Crippen LogP contribution in [0.3, 0.4) is 0 Å². The van der Waals surface area contributed by atoms with Gasteiger partial charge in [0.15, 0.2) is 0 Å². The largest absolute Gasteiger partial charge is 0.0760 e. The minimum Gasteiger partial charge on any atom is -0.0760 e. The number of rotatable bonds is 4. The molecule has 0 heteroatoms. The van der Waals surface area contributed by atoms with Crippen molar-refractivity contribution in [3.05, 3.63) is 204 Å². The second-order valence-electron chi connectivity index (χ2n) is 12.4. The number of hydrogen-bond acceptors (Lipinski definition) is 0. The van der Waals surface area contributed by atoms with Crippen molar-refractivity contribution in [2.45, 2.75) is 0 Å². The van der Waals surface area contributed by atoms with Crippen LogP contribution in [0.5, 0.6) is 0 Å². The summed E-state index contributed by atoms with van der Waals surface area (Å²) >= 11 is 0. The summed E-state index contributed by atoms with van der Waals surface area (Å²) in [6.07, 6.45) is 9.28. The van der Waals surface area contributed by atoms with Crippen LogP contribution < -0.4 is 10.4 Å². The van der Waals surface area contributed by atoms with Crippen LogP contribution >= 0.6 is 0 Å². The highest BCUT2D eigenvalue weighted by molar-refractivity contribution is 5.98. The summed E-state index contributed by atoms with van der Waals surface area (Å²) in [7, 11) is 0. The third-order valence-corrected chi connectivity index (χ3v) is 9.86. The molecule has 7 aromatic carbocycles. The van der Waals surface area contributed by atoms with Gasteiger partial charge in [0.05, 0.1) is 0 Å². The molecule has 0 fully saturated rings. The maximum Gasteiger partial charge on any atom is 0.0137 e. The van der Waals surface area contributed by atoms with Crippen molar-refractivity contribution in [1.82, 2.24) is 0 Å². The lowest BCUT2D eigenvalue weighted by molar-refractivity contribution is 0.686. The Morgan fingerprint density at radius 1 is 0.326 bits per heavy atom. The molecule has 2 unspecified atom stereocenters. The molecule has 0 amide bonds. The Morgan fingerprint density at radius 2 is 0.717 bits per heavy atom. The fraction of sp³-hybridized carbons (Fsp3) is 0.0435. The monoisotopic (exact) mass is 584 g/mol. The first-order chi connectivity index (χ1) is 22.8. The van der Waals surface area contributed by atoms with Crippen molar-refractivity contribution < 1.29 is 0 Å². The zero-order valence-corrected chi connectivity index (χ0v) is 25.5. The minimum atomic E-state index is 0.235. The van der Waals surface area contributed by atoms with Gasteiger partial charge < -0.3 is 0 Å². The molecular formula is C46H32. The molecule has 0 heterocycles. The van der Waals surface area contributed by atoms with Crippen LogP contribution in [0, 0.1) is 11.8 Å². The van der Waals surface area contributed by atoms with E-state index in [1.54, 1.807) is 0 Å². The second kappa shape index (κ2) is 11.0. The van der Waals surface area contributed by atoms with E-state index < -0.39 is 0 Å². The average Bonchev–Trinajstić information content (AvgIpc) is 3.13. The van der Waals surface area contributed by atoms with E-state index in [0.717, 1.165) is 0 Å². The Morgan fingerprint density at radius 3 is 1.22 bits per heavy atom. The van der Waals surface area contributed by atoms with Gasteiger partial charge in [-0.3, -0.25) is 0 Å². The van der Waals surface area contributed by atoms with Gasteiger partial charge in [0, 0.05) is 11.8 Å². The van der Waals surface area contributed by atoms with E-state index in [-0.39, 0.29) is 11.8 Å². The van der Waals surface area contributed by atoms with Gasteiger partial charge in [0.25, 0.3) is 0 Å². The molecule has 0 radical (unpaired) electrons. The van der Waals surface area contributed by atoms with Crippen molar-refractivity contribution in [3.8, 4) is 22.3 Å². The molecule has 0 spiro atoms. The van der Waals surface area contributed by atoms with Crippen molar-refractivity contribution in [3.63, 3.8) is 0 Å². The van der Waals surface area contributed by atoms with Gasteiger partial charge >= 0.3 is 0 Å². The smallest absolute Gasteiger partial charge is 0.0137 e. The number of fused-ring (bicyclic) bond motifs is 4. The summed E-state index contributed by atoms with van der Waals surface area (Å²) < 4.78 is 0. The zero-order valence-electron chi connectivity index (χ0n) is 25.5. The van der Waals surface area contributed by atoms with E-state index in [2.05, 4.69) is 182 Å². The van der Waals surface area contributed by atoms with Crippen molar-refractivity contribution in [1.29, 1.82) is 0 Å². The summed E-state index contributed by atoms with van der Waals surface area (Å²) in [6.45, 7) is 0. The van der Waals surface area contributed by atoms with Gasteiger partial charge in [-0.15, -0.1) is 0 Å². The van der Waals surface area contributed by atoms with E-state index in [1.165, 1.54) is 76.5 Å². The van der Waals surface area contributed by atoms with Crippen LogP contribution in [0.4, 0.5) is 0 Å². The van der Waals surface area contributed by atoms with Crippen LogP contribution in [0.15, 0.2) is 182 Å². The normalized spacial score (nSPS) is 16.9. The number of allylic oxidation sites excluding steroid dienone is 4. The molecule has 0 aliphatic heterocycles. The minimum absolute atomic E-state index is 0.235. The van der Waals surface area contributed by atoms with E-state index in [4.69, 9.17) is 0 Å². The Balaban J connectivity index is 1.27. The van der Waals surface area contributed by atoms with Gasteiger partial charge in [-0.25, -0.2) is 0 Å². The molecule has 2 aliphatic carbocycles. The third kappa shape index (κ3) is 4.37. The van der Waals surface area contributed by atoms with Crippen molar-refractivity contribution >= 4 is 32.7 Å². The Labute approximate surface area is 269 Å². The van der Waals surface area contributed by atoms with Crippen molar-refractivity contribution in [2.75, 3.05) is 0 Å². The summed E-state index contributed by atoms with van der Waals surface area (Å²) in [6, 6.07) is 58.0. The molecular weight excluding hydrogens is 553 g/mol. The predicted molar refractivity (Wildman–Crippen MR) is 195 cm³/mol. The molecule has 0 saturated heterocycles. The quantitative estimate of drug-likeness (QED) is 0.193. The first-order valence-corrected chi connectivity index (χ1v) is 16.2. The summed E-state index contributed by atoms with van der Waals surface area (Å²) in [4.78, 5) is 0. The SMILES string of the molecule is C1=CC2C(c3cccc(-c4cccc5ccccc45)c3)=c3ccccc3=C(c3cccc(-c4cccc5ccccc45)c3)C2C=C1. The van der Waals surface area contributed by atoms with Crippen LogP contribution in [0.25, 0.3) is 54.9 Å².